The van der Waals surface area contributed by atoms with E-state index in [-0.39, 0.29) is 0 Å². The minimum Gasteiger partial charge on any atom is -0.453 e. The van der Waals surface area contributed by atoms with Gasteiger partial charge in [-0.2, -0.15) is 0 Å². The second-order valence-corrected chi connectivity index (χ2v) is 7.84. The van der Waals surface area contributed by atoms with E-state index < -0.39 is 0 Å². The van der Waals surface area contributed by atoms with Crippen LogP contribution in [-0.4, -0.2) is 0 Å². The molecule has 0 aromatic heterocycles. The second kappa shape index (κ2) is 7.27. The number of halogens is 1. The van der Waals surface area contributed by atoms with Crippen LogP contribution in [0, 0.1) is 0 Å². The van der Waals surface area contributed by atoms with Gasteiger partial charge in [-0.15, -0.1) is 0 Å². The van der Waals surface area contributed by atoms with Crippen molar-refractivity contribution in [2.45, 2.75) is 9.79 Å². The van der Waals surface area contributed by atoms with Crippen molar-refractivity contribution in [1.29, 1.82) is 0 Å². The number of fused-ring (bicyclic) bond motifs is 2. The molecule has 0 bridgehead atoms. The van der Waals surface area contributed by atoms with E-state index in [9.17, 15) is 0 Å². The standard InChI is InChI=1S/C24H16ClNOS/c25-19-13-7-16-22-23(19)27-21-15-8-14-20(24(21)28-22)26(17-9-3-1-4-10-17)18-11-5-2-6-12-18/h1-16H. The number of ether oxygens (including phenoxy) is 1. The minimum absolute atomic E-state index is 0.629. The molecule has 1 aliphatic rings. The molecular weight excluding hydrogens is 386 g/mol. The molecule has 4 aromatic carbocycles. The summed E-state index contributed by atoms with van der Waals surface area (Å²) in [4.78, 5) is 4.35. The maximum absolute atomic E-state index is 6.35. The van der Waals surface area contributed by atoms with E-state index in [2.05, 4.69) is 59.5 Å². The molecule has 4 aromatic rings. The molecule has 5 rings (SSSR count). The first kappa shape index (κ1) is 17.2. The molecule has 0 aliphatic carbocycles. The lowest BCUT2D eigenvalue weighted by atomic mass is 10.2. The number of anilines is 3. The van der Waals surface area contributed by atoms with Gasteiger partial charge in [0.25, 0.3) is 0 Å². The van der Waals surface area contributed by atoms with Gasteiger partial charge in [0.05, 0.1) is 20.5 Å². The van der Waals surface area contributed by atoms with E-state index in [1.807, 2.05) is 42.5 Å². The molecule has 28 heavy (non-hydrogen) atoms. The van der Waals surface area contributed by atoms with Crippen molar-refractivity contribution in [3.8, 4) is 11.5 Å². The molecule has 0 N–H and O–H groups in total. The molecule has 2 nitrogen and oxygen atoms in total. The quantitative estimate of drug-likeness (QED) is 0.303. The highest BCUT2D eigenvalue weighted by Gasteiger charge is 2.25. The van der Waals surface area contributed by atoms with E-state index in [1.165, 1.54) is 0 Å². The third-order valence-electron chi connectivity index (χ3n) is 4.58. The zero-order valence-corrected chi connectivity index (χ0v) is 16.5. The summed E-state index contributed by atoms with van der Waals surface area (Å²) >= 11 is 8.04. The summed E-state index contributed by atoms with van der Waals surface area (Å²) in [5.41, 5.74) is 3.27. The maximum Gasteiger partial charge on any atom is 0.159 e. The first-order valence-electron chi connectivity index (χ1n) is 8.99. The Bertz CT molecular complexity index is 1090. The Balaban J connectivity index is 1.68. The fraction of sp³-hybridized carbons (Fsp3) is 0. The Morgan fingerprint density at radius 3 is 2.00 bits per heavy atom. The third kappa shape index (κ3) is 3.03. The lowest BCUT2D eigenvalue weighted by molar-refractivity contribution is 0.455. The van der Waals surface area contributed by atoms with Gasteiger partial charge in [0.15, 0.2) is 5.75 Å². The molecule has 136 valence electrons. The molecule has 0 amide bonds. The van der Waals surface area contributed by atoms with Crippen molar-refractivity contribution in [3.63, 3.8) is 0 Å². The average Bonchev–Trinajstić information content (AvgIpc) is 2.75. The van der Waals surface area contributed by atoms with Crippen molar-refractivity contribution in [1.82, 2.24) is 0 Å². The lowest BCUT2D eigenvalue weighted by Gasteiger charge is -2.30. The van der Waals surface area contributed by atoms with Crippen LogP contribution in [-0.2, 0) is 0 Å². The summed E-state index contributed by atoms with van der Waals surface area (Å²) in [5.74, 6) is 1.55. The van der Waals surface area contributed by atoms with Crippen LogP contribution in [0.1, 0.15) is 0 Å². The minimum atomic E-state index is 0.629. The fourth-order valence-electron chi connectivity index (χ4n) is 3.33. The molecule has 0 saturated carbocycles. The van der Waals surface area contributed by atoms with Crippen LogP contribution in [0.15, 0.2) is 107 Å². The highest BCUT2D eigenvalue weighted by Crippen LogP contribution is 2.54. The Morgan fingerprint density at radius 1 is 0.679 bits per heavy atom. The Morgan fingerprint density at radius 2 is 1.32 bits per heavy atom. The average molecular weight is 402 g/mol. The number of rotatable bonds is 3. The number of hydrogen-bond donors (Lipinski definition) is 0. The van der Waals surface area contributed by atoms with Crippen molar-refractivity contribution < 1.29 is 4.74 Å². The van der Waals surface area contributed by atoms with Crippen LogP contribution in [0.2, 0.25) is 5.02 Å². The zero-order chi connectivity index (χ0) is 18.9. The summed E-state index contributed by atoms with van der Waals surface area (Å²) in [7, 11) is 0. The summed E-state index contributed by atoms with van der Waals surface area (Å²) in [6, 6.07) is 32.7. The van der Waals surface area contributed by atoms with Crippen molar-refractivity contribution in [2.75, 3.05) is 4.90 Å². The molecule has 0 unspecified atom stereocenters. The highest BCUT2D eigenvalue weighted by molar-refractivity contribution is 7.99. The van der Waals surface area contributed by atoms with Gasteiger partial charge in [0.1, 0.15) is 5.75 Å². The number of benzene rings is 4. The first-order chi connectivity index (χ1) is 13.8. The molecule has 0 fully saturated rings. The van der Waals surface area contributed by atoms with Gasteiger partial charge in [-0.1, -0.05) is 71.9 Å². The largest absolute Gasteiger partial charge is 0.453 e. The maximum atomic E-state index is 6.35. The summed E-state index contributed by atoms with van der Waals surface area (Å²) in [6.07, 6.45) is 0. The molecule has 1 aliphatic heterocycles. The topological polar surface area (TPSA) is 12.5 Å². The third-order valence-corrected chi connectivity index (χ3v) is 6.04. The lowest BCUT2D eigenvalue weighted by Crippen LogP contribution is -2.12. The van der Waals surface area contributed by atoms with Crippen molar-refractivity contribution in [2.24, 2.45) is 0 Å². The predicted molar refractivity (Wildman–Crippen MR) is 117 cm³/mol. The van der Waals surface area contributed by atoms with Crippen LogP contribution in [0.25, 0.3) is 0 Å². The molecule has 0 atom stereocenters. The molecule has 1 heterocycles. The van der Waals surface area contributed by atoms with Crippen LogP contribution in [0.5, 0.6) is 11.5 Å². The Kier molecular flexibility index (Phi) is 4.47. The van der Waals surface area contributed by atoms with Gasteiger partial charge in [-0.25, -0.2) is 0 Å². The van der Waals surface area contributed by atoms with Gasteiger partial charge >= 0.3 is 0 Å². The van der Waals surface area contributed by atoms with Gasteiger partial charge in [-0.05, 0) is 48.5 Å². The highest BCUT2D eigenvalue weighted by atomic mass is 35.5. The summed E-state index contributed by atoms with van der Waals surface area (Å²) < 4.78 is 6.19. The molecule has 0 saturated heterocycles. The van der Waals surface area contributed by atoms with Gasteiger partial charge < -0.3 is 9.64 Å². The molecular formula is C24H16ClNOS. The van der Waals surface area contributed by atoms with Crippen LogP contribution >= 0.6 is 23.4 Å². The van der Waals surface area contributed by atoms with E-state index in [0.717, 1.165) is 38.4 Å². The van der Waals surface area contributed by atoms with E-state index in [4.69, 9.17) is 16.3 Å². The molecule has 0 radical (unpaired) electrons. The molecule has 4 heteroatoms. The fourth-order valence-corrected chi connectivity index (χ4v) is 4.69. The smallest absolute Gasteiger partial charge is 0.159 e. The number of nitrogens with zero attached hydrogens (tertiary/aromatic N) is 1. The normalized spacial score (nSPS) is 11.9. The van der Waals surface area contributed by atoms with Crippen LogP contribution in [0.4, 0.5) is 17.1 Å². The predicted octanol–water partition coefficient (Wildman–Crippen LogP) is 8.07. The second-order valence-electron chi connectivity index (χ2n) is 6.38. The summed E-state index contributed by atoms with van der Waals surface area (Å²) in [6.45, 7) is 0. The first-order valence-corrected chi connectivity index (χ1v) is 10.2. The van der Waals surface area contributed by atoms with Crippen LogP contribution in [0.3, 0.4) is 0 Å². The van der Waals surface area contributed by atoms with E-state index >= 15 is 0 Å². The number of hydrogen-bond acceptors (Lipinski definition) is 3. The van der Waals surface area contributed by atoms with Gasteiger partial charge in [-0.3, -0.25) is 0 Å². The molecule has 0 spiro atoms. The van der Waals surface area contributed by atoms with Gasteiger partial charge in [0, 0.05) is 11.4 Å². The number of para-hydroxylation sites is 3. The van der Waals surface area contributed by atoms with E-state index in [1.54, 1.807) is 11.8 Å². The summed E-state index contributed by atoms with van der Waals surface area (Å²) in [5, 5.41) is 0.629. The van der Waals surface area contributed by atoms with Gasteiger partial charge in [0.2, 0.25) is 0 Å². The van der Waals surface area contributed by atoms with Crippen LogP contribution < -0.4 is 9.64 Å². The Labute approximate surface area is 173 Å². The van der Waals surface area contributed by atoms with E-state index in [0.29, 0.717) is 5.02 Å². The van der Waals surface area contributed by atoms with Crippen molar-refractivity contribution in [3.05, 3.63) is 102 Å². The SMILES string of the molecule is Clc1cccc2c1Oc1cccc(N(c3ccccc3)c3ccccc3)c1S2. The Hall–Kier alpha value is -2.88. The zero-order valence-electron chi connectivity index (χ0n) is 14.9. The monoisotopic (exact) mass is 401 g/mol. The van der Waals surface area contributed by atoms with Crippen molar-refractivity contribution >= 4 is 40.4 Å².